The highest BCUT2D eigenvalue weighted by molar-refractivity contribution is 7.73. The van der Waals surface area contributed by atoms with E-state index >= 15 is 0 Å². The lowest BCUT2D eigenvalue weighted by molar-refractivity contribution is 0.415. The van der Waals surface area contributed by atoms with Crippen LogP contribution in [0, 0.1) is 3.95 Å². The molecule has 2 aromatic carbocycles. The number of anilines is 1. The zero-order chi connectivity index (χ0) is 16.4. The Morgan fingerprint density at radius 3 is 2.22 bits per heavy atom. The molecule has 0 spiro atoms. The Labute approximate surface area is 145 Å². The zero-order valence-electron chi connectivity index (χ0n) is 13.3. The SMILES string of the molecule is COc1ccc(-n2c(-c3ccccc3)c(N(C)C)sc2=S)cc1. The number of methoxy groups -OCH3 is 1. The number of ether oxygens (including phenoxy) is 1. The number of thiazole rings is 1. The smallest absolute Gasteiger partial charge is 0.168 e. The molecule has 0 aliphatic heterocycles. The van der Waals surface area contributed by atoms with Gasteiger partial charge in [0.15, 0.2) is 3.95 Å². The molecule has 23 heavy (non-hydrogen) atoms. The van der Waals surface area contributed by atoms with Crippen LogP contribution in [0.25, 0.3) is 16.9 Å². The molecule has 1 aromatic heterocycles. The maximum absolute atomic E-state index is 5.65. The van der Waals surface area contributed by atoms with Crippen molar-refractivity contribution in [2.45, 2.75) is 0 Å². The summed E-state index contributed by atoms with van der Waals surface area (Å²) in [4.78, 5) is 2.11. The number of aromatic nitrogens is 1. The van der Waals surface area contributed by atoms with E-state index in [1.807, 2.05) is 56.6 Å². The van der Waals surface area contributed by atoms with Gasteiger partial charge in [-0.25, -0.2) is 0 Å². The molecule has 118 valence electrons. The molecule has 0 atom stereocenters. The largest absolute Gasteiger partial charge is 0.497 e. The third-order valence-corrected chi connectivity index (χ3v) is 5.12. The van der Waals surface area contributed by atoms with Gasteiger partial charge in [0.05, 0.1) is 12.8 Å². The van der Waals surface area contributed by atoms with Crippen LogP contribution in [-0.2, 0) is 0 Å². The Bertz CT molecular complexity index is 849. The van der Waals surface area contributed by atoms with E-state index in [9.17, 15) is 0 Å². The molecule has 3 aromatic rings. The molecule has 0 amide bonds. The van der Waals surface area contributed by atoms with Crippen molar-refractivity contribution in [1.29, 1.82) is 0 Å². The minimum absolute atomic E-state index is 0.831. The molecule has 3 rings (SSSR count). The molecular formula is C18H18N2OS2. The Kier molecular flexibility index (Phi) is 4.50. The average molecular weight is 342 g/mol. The summed E-state index contributed by atoms with van der Waals surface area (Å²) in [5.41, 5.74) is 3.31. The average Bonchev–Trinajstić information content (AvgIpc) is 2.93. The van der Waals surface area contributed by atoms with E-state index in [0.29, 0.717) is 0 Å². The second kappa shape index (κ2) is 6.56. The van der Waals surface area contributed by atoms with Crippen LogP contribution in [0.15, 0.2) is 54.6 Å². The molecular weight excluding hydrogens is 324 g/mol. The van der Waals surface area contributed by atoms with E-state index in [1.54, 1.807) is 18.4 Å². The monoisotopic (exact) mass is 342 g/mol. The lowest BCUT2D eigenvalue weighted by atomic mass is 10.1. The highest BCUT2D eigenvalue weighted by Gasteiger charge is 2.17. The Balaban J connectivity index is 2.25. The second-order valence-electron chi connectivity index (χ2n) is 5.32. The molecule has 0 bridgehead atoms. The quantitative estimate of drug-likeness (QED) is 0.621. The van der Waals surface area contributed by atoms with Crippen LogP contribution in [-0.4, -0.2) is 25.8 Å². The number of hydrogen-bond donors (Lipinski definition) is 0. The molecule has 0 aliphatic rings. The molecule has 0 N–H and O–H groups in total. The molecule has 0 radical (unpaired) electrons. The number of hydrogen-bond acceptors (Lipinski definition) is 4. The topological polar surface area (TPSA) is 17.4 Å². The van der Waals surface area contributed by atoms with Crippen molar-refractivity contribution in [3.8, 4) is 22.7 Å². The number of nitrogens with zero attached hydrogens (tertiary/aromatic N) is 2. The first-order valence-corrected chi connectivity index (χ1v) is 8.47. The lowest BCUT2D eigenvalue weighted by Crippen LogP contribution is -2.09. The van der Waals surface area contributed by atoms with E-state index in [0.717, 1.165) is 31.6 Å². The van der Waals surface area contributed by atoms with Gasteiger partial charge in [-0.05, 0) is 36.5 Å². The highest BCUT2D eigenvalue weighted by Crippen LogP contribution is 2.38. The van der Waals surface area contributed by atoms with Crippen LogP contribution in [0.5, 0.6) is 5.75 Å². The van der Waals surface area contributed by atoms with Crippen LogP contribution in [0.2, 0.25) is 0 Å². The van der Waals surface area contributed by atoms with Crippen molar-refractivity contribution >= 4 is 28.6 Å². The first-order chi connectivity index (χ1) is 11.1. The zero-order valence-corrected chi connectivity index (χ0v) is 14.9. The van der Waals surface area contributed by atoms with E-state index in [4.69, 9.17) is 17.0 Å². The predicted octanol–water partition coefficient (Wildman–Crippen LogP) is 5.01. The Morgan fingerprint density at radius 2 is 1.65 bits per heavy atom. The van der Waals surface area contributed by atoms with Gasteiger partial charge in [0.1, 0.15) is 10.8 Å². The molecule has 0 unspecified atom stereocenters. The molecule has 0 saturated heterocycles. The summed E-state index contributed by atoms with van der Waals surface area (Å²) in [6, 6.07) is 18.3. The van der Waals surface area contributed by atoms with Gasteiger partial charge in [-0.1, -0.05) is 41.7 Å². The van der Waals surface area contributed by atoms with Crippen molar-refractivity contribution in [2.24, 2.45) is 0 Å². The third-order valence-electron chi connectivity index (χ3n) is 3.58. The molecule has 0 fully saturated rings. The predicted molar refractivity (Wildman–Crippen MR) is 101 cm³/mol. The maximum atomic E-state index is 5.65. The van der Waals surface area contributed by atoms with Crippen molar-refractivity contribution in [3.63, 3.8) is 0 Å². The van der Waals surface area contributed by atoms with E-state index < -0.39 is 0 Å². The summed E-state index contributed by atoms with van der Waals surface area (Å²) >= 11 is 7.27. The summed E-state index contributed by atoms with van der Waals surface area (Å²) in [5.74, 6) is 0.838. The van der Waals surface area contributed by atoms with Gasteiger partial charge >= 0.3 is 0 Å². The highest BCUT2D eigenvalue weighted by atomic mass is 32.1. The van der Waals surface area contributed by atoms with Crippen molar-refractivity contribution < 1.29 is 4.74 Å². The molecule has 5 heteroatoms. The fraction of sp³-hybridized carbons (Fsp3) is 0.167. The van der Waals surface area contributed by atoms with Crippen molar-refractivity contribution in [3.05, 3.63) is 58.6 Å². The normalized spacial score (nSPS) is 10.6. The Hall–Kier alpha value is -2.11. The van der Waals surface area contributed by atoms with Crippen LogP contribution in [0.3, 0.4) is 0 Å². The maximum Gasteiger partial charge on any atom is 0.168 e. The number of rotatable bonds is 4. The van der Waals surface area contributed by atoms with E-state index in [2.05, 4.69) is 21.6 Å². The molecule has 1 heterocycles. The van der Waals surface area contributed by atoms with Crippen LogP contribution >= 0.6 is 23.6 Å². The van der Waals surface area contributed by atoms with Gasteiger partial charge in [0, 0.05) is 25.3 Å². The lowest BCUT2D eigenvalue weighted by Gasteiger charge is -2.15. The van der Waals surface area contributed by atoms with Gasteiger partial charge in [-0.3, -0.25) is 4.57 Å². The summed E-state index contributed by atoms with van der Waals surface area (Å²) in [7, 11) is 5.77. The van der Waals surface area contributed by atoms with Crippen LogP contribution in [0.1, 0.15) is 0 Å². The van der Waals surface area contributed by atoms with Crippen molar-refractivity contribution in [2.75, 3.05) is 26.1 Å². The van der Waals surface area contributed by atoms with Gasteiger partial charge in [-0.2, -0.15) is 0 Å². The first-order valence-electron chi connectivity index (χ1n) is 7.25. The summed E-state index contributed by atoms with van der Waals surface area (Å²) in [5, 5.41) is 1.15. The minimum atomic E-state index is 0.831. The Morgan fingerprint density at radius 1 is 1.00 bits per heavy atom. The van der Waals surface area contributed by atoms with Gasteiger partial charge in [0.25, 0.3) is 0 Å². The van der Waals surface area contributed by atoms with Gasteiger partial charge < -0.3 is 9.64 Å². The van der Waals surface area contributed by atoms with Crippen molar-refractivity contribution in [1.82, 2.24) is 4.57 Å². The number of benzene rings is 2. The fourth-order valence-corrected chi connectivity index (χ4v) is 3.86. The van der Waals surface area contributed by atoms with Crippen LogP contribution in [0.4, 0.5) is 5.00 Å². The van der Waals surface area contributed by atoms with Gasteiger partial charge in [-0.15, -0.1) is 0 Å². The standard InChI is InChI=1S/C18H18N2OS2/c1-19(2)17-16(13-7-5-4-6-8-13)20(18(22)23-17)14-9-11-15(21-3)12-10-14/h4-12H,1-3H3. The summed E-state index contributed by atoms with van der Waals surface area (Å²) in [6.45, 7) is 0. The first kappa shape index (κ1) is 15.8. The minimum Gasteiger partial charge on any atom is -0.497 e. The van der Waals surface area contributed by atoms with Crippen LogP contribution < -0.4 is 9.64 Å². The van der Waals surface area contributed by atoms with Gasteiger partial charge in [0.2, 0.25) is 0 Å². The van der Waals surface area contributed by atoms with E-state index in [1.165, 1.54) is 0 Å². The summed E-state index contributed by atoms with van der Waals surface area (Å²) in [6.07, 6.45) is 0. The molecule has 3 nitrogen and oxygen atoms in total. The fourth-order valence-electron chi connectivity index (χ4n) is 2.48. The van der Waals surface area contributed by atoms with E-state index in [-0.39, 0.29) is 0 Å². The third kappa shape index (κ3) is 3.02. The summed E-state index contributed by atoms with van der Waals surface area (Å²) < 4.78 is 8.21. The molecule has 0 aliphatic carbocycles. The molecule has 0 saturated carbocycles. The second-order valence-corrected chi connectivity index (χ2v) is 6.94.